The number of carbonyl (C=O) groups is 2. The number of rotatable bonds is 11. The van der Waals surface area contributed by atoms with E-state index in [0.717, 1.165) is 15.6 Å². The molecule has 0 aliphatic rings. The summed E-state index contributed by atoms with van der Waals surface area (Å²) in [5, 5.41) is 5.61. The van der Waals surface area contributed by atoms with Crippen LogP contribution in [0, 0.1) is 5.82 Å². The fourth-order valence-corrected chi connectivity index (χ4v) is 4.05. The molecule has 0 saturated heterocycles. The minimum Gasteiger partial charge on any atom is -0.457 e. The molecule has 4 aromatic carbocycles. The van der Waals surface area contributed by atoms with Crippen LogP contribution in [-0.4, -0.2) is 24.5 Å². The van der Waals surface area contributed by atoms with E-state index in [2.05, 4.69) is 26.6 Å². The lowest BCUT2D eigenvalue weighted by molar-refractivity contribution is -0.127. The van der Waals surface area contributed by atoms with Gasteiger partial charge in [0.1, 0.15) is 23.4 Å². The maximum absolute atomic E-state index is 13.1. The van der Waals surface area contributed by atoms with Crippen molar-refractivity contribution in [1.82, 2.24) is 5.32 Å². The second kappa shape index (κ2) is 13.5. The number of halogens is 2. The van der Waals surface area contributed by atoms with Gasteiger partial charge in [0.25, 0.3) is 0 Å². The molecule has 4 rings (SSSR count). The topological polar surface area (TPSA) is 76.7 Å². The van der Waals surface area contributed by atoms with Crippen LogP contribution >= 0.6 is 15.9 Å². The first-order chi connectivity index (χ1) is 18.4. The predicted octanol–water partition coefficient (Wildman–Crippen LogP) is 6.26. The summed E-state index contributed by atoms with van der Waals surface area (Å²) in [6.45, 7) is 0.304. The Morgan fingerprint density at radius 2 is 1.47 bits per heavy atom. The molecular formula is C30H26BrFN2O4. The van der Waals surface area contributed by atoms with Gasteiger partial charge < -0.3 is 20.1 Å². The van der Waals surface area contributed by atoms with Crippen molar-refractivity contribution in [3.8, 4) is 11.5 Å². The summed E-state index contributed by atoms with van der Waals surface area (Å²) >= 11 is 3.41. The molecule has 0 radical (unpaired) electrons. The quantitative estimate of drug-likeness (QED) is 0.221. The summed E-state index contributed by atoms with van der Waals surface area (Å²) in [4.78, 5) is 25.9. The fraction of sp³-hybridized carbons (Fsp3) is 0.133. The second-order valence-electron chi connectivity index (χ2n) is 8.50. The second-order valence-corrected chi connectivity index (χ2v) is 9.41. The Kier molecular flexibility index (Phi) is 9.61. The molecule has 2 N–H and O–H groups in total. The van der Waals surface area contributed by atoms with Crippen LogP contribution in [0.4, 0.5) is 10.1 Å². The Morgan fingerprint density at radius 3 is 2.16 bits per heavy atom. The monoisotopic (exact) mass is 576 g/mol. The van der Waals surface area contributed by atoms with Crippen molar-refractivity contribution in [1.29, 1.82) is 0 Å². The molecule has 8 heteroatoms. The summed E-state index contributed by atoms with van der Waals surface area (Å²) < 4.78 is 25.4. The van der Waals surface area contributed by atoms with E-state index in [1.165, 1.54) is 24.3 Å². The highest BCUT2D eigenvalue weighted by atomic mass is 79.9. The molecule has 194 valence electrons. The number of ether oxygens (including phenoxy) is 2. The number of benzene rings is 4. The molecule has 1 unspecified atom stereocenters. The largest absolute Gasteiger partial charge is 0.457 e. The van der Waals surface area contributed by atoms with Crippen molar-refractivity contribution in [2.45, 2.75) is 19.1 Å². The Hall–Kier alpha value is -4.01. The predicted molar refractivity (Wildman–Crippen MR) is 147 cm³/mol. The van der Waals surface area contributed by atoms with Crippen LogP contribution < -0.4 is 15.4 Å². The van der Waals surface area contributed by atoms with Gasteiger partial charge in [-0.15, -0.1) is 0 Å². The van der Waals surface area contributed by atoms with Crippen LogP contribution in [0.2, 0.25) is 0 Å². The molecule has 4 aromatic rings. The average Bonchev–Trinajstić information content (AvgIpc) is 2.91. The van der Waals surface area contributed by atoms with Crippen LogP contribution in [0.15, 0.2) is 108 Å². The molecule has 0 bridgehead atoms. The minimum atomic E-state index is -0.909. The SMILES string of the molecule is O=C(Cc1cccc(Br)c1)NC(COCc1ccccc1)C(=O)Nc1ccc(Oc2ccc(F)cc2)cc1. The van der Waals surface area contributed by atoms with Crippen molar-refractivity contribution >= 4 is 33.4 Å². The van der Waals surface area contributed by atoms with Crippen LogP contribution in [0.5, 0.6) is 11.5 Å². The third-order valence-corrected chi connectivity index (χ3v) is 5.97. The molecule has 6 nitrogen and oxygen atoms in total. The summed E-state index contributed by atoms with van der Waals surface area (Å²) in [6, 6.07) is 28.5. The molecule has 0 saturated carbocycles. The molecule has 0 spiro atoms. The summed E-state index contributed by atoms with van der Waals surface area (Å²) in [5.74, 6) is -0.0319. The Balaban J connectivity index is 1.38. The zero-order valence-electron chi connectivity index (χ0n) is 20.4. The van der Waals surface area contributed by atoms with Gasteiger partial charge in [0.05, 0.1) is 19.6 Å². The summed E-state index contributed by atoms with van der Waals surface area (Å²) in [6.07, 6.45) is 0.122. The van der Waals surface area contributed by atoms with Gasteiger partial charge in [0, 0.05) is 10.2 Å². The van der Waals surface area contributed by atoms with E-state index >= 15 is 0 Å². The standard InChI is InChI=1S/C30H26BrFN2O4/c31-23-8-4-7-22(17-23)18-29(35)34-28(20-37-19-21-5-2-1-3-6-21)30(36)33-25-11-15-27(16-12-25)38-26-13-9-24(32)10-14-26/h1-17,28H,18-20H2,(H,33,36)(H,34,35). The third kappa shape index (κ3) is 8.54. The smallest absolute Gasteiger partial charge is 0.249 e. The van der Waals surface area contributed by atoms with Gasteiger partial charge >= 0.3 is 0 Å². The molecule has 2 amide bonds. The van der Waals surface area contributed by atoms with E-state index in [1.54, 1.807) is 24.3 Å². The van der Waals surface area contributed by atoms with Crippen molar-refractivity contribution < 1.29 is 23.5 Å². The first-order valence-electron chi connectivity index (χ1n) is 11.9. The van der Waals surface area contributed by atoms with E-state index in [-0.39, 0.29) is 24.8 Å². The third-order valence-electron chi connectivity index (χ3n) is 5.47. The maximum Gasteiger partial charge on any atom is 0.249 e. The molecule has 38 heavy (non-hydrogen) atoms. The molecule has 0 heterocycles. The van der Waals surface area contributed by atoms with Crippen molar-refractivity contribution in [2.24, 2.45) is 0 Å². The molecular weight excluding hydrogens is 551 g/mol. The van der Waals surface area contributed by atoms with E-state index < -0.39 is 11.9 Å². The van der Waals surface area contributed by atoms with Crippen LogP contribution in [-0.2, 0) is 27.4 Å². The average molecular weight is 577 g/mol. The molecule has 0 aromatic heterocycles. The van der Waals surface area contributed by atoms with Gasteiger partial charge in [-0.2, -0.15) is 0 Å². The molecule has 0 fully saturated rings. The first kappa shape index (κ1) is 27.0. The lowest BCUT2D eigenvalue weighted by atomic mass is 10.1. The van der Waals surface area contributed by atoms with Gasteiger partial charge in [-0.05, 0) is 71.8 Å². The van der Waals surface area contributed by atoms with E-state index in [9.17, 15) is 14.0 Å². The Labute approximate surface area is 228 Å². The fourth-order valence-electron chi connectivity index (χ4n) is 3.60. The Bertz CT molecular complexity index is 1350. The number of hydrogen-bond donors (Lipinski definition) is 2. The Morgan fingerprint density at radius 1 is 0.816 bits per heavy atom. The zero-order valence-corrected chi connectivity index (χ0v) is 22.0. The van der Waals surface area contributed by atoms with Gasteiger partial charge in [-0.25, -0.2) is 4.39 Å². The normalized spacial score (nSPS) is 11.4. The first-order valence-corrected chi connectivity index (χ1v) is 12.7. The molecule has 0 aliphatic heterocycles. The van der Waals surface area contributed by atoms with Crippen LogP contribution in [0.1, 0.15) is 11.1 Å². The lowest BCUT2D eigenvalue weighted by Gasteiger charge is -2.19. The summed E-state index contributed by atoms with van der Waals surface area (Å²) in [7, 11) is 0. The maximum atomic E-state index is 13.1. The number of anilines is 1. The van der Waals surface area contributed by atoms with Crippen LogP contribution in [0.25, 0.3) is 0 Å². The number of amides is 2. The van der Waals surface area contributed by atoms with Gasteiger partial charge in [0.2, 0.25) is 11.8 Å². The number of hydrogen-bond acceptors (Lipinski definition) is 4. The zero-order chi connectivity index (χ0) is 26.7. The highest BCUT2D eigenvalue weighted by Crippen LogP contribution is 2.23. The minimum absolute atomic E-state index is 0.00326. The highest BCUT2D eigenvalue weighted by molar-refractivity contribution is 9.10. The molecule has 1 atom stereocenters. The van der Waals surface area contributed by atoms with Crippen molar-refractivity contribution in [3.63, 3.8) is 0 Å². The van der Waals surface area contributed by atoms with Crippen molar-refractivity contribution in [2.75, 3.05) is 11.9 Å². The van der Waals surface area contributed by atoms with Gasteiger partial charge in [-0.1, -0.05) is 58.4 Å². The van der Waals surface area contributed by atoms with E-state index in [4.69, 9.17) is 9.47 Å². The number of nitrogens with one attached hydrogen (secondary N) is 2. The van der Waals surface area contributed by atoms with E-state index in [0.29, 0.717) is 23.8 Å². The van der Waals surface area contributed by atoms with Gasteiger partial charge in [0.15, 0.2) is 0 Å². The van der Waals surface area contributed by atoms with Gasteiger partial charge in [-0.3, -0.25) is 9.59 Å². The summed E-state index contributed by atoms with van der Waals surface area (Å²) in [5.41, 5.74) is 2.30. The number of carbonyl (C=O) groups excluding carboxylic acids is 2. The van der Waals surface area contributed by atoms with E-state index in [1.807, 2.05) is 54.6 Å². The van der Waals surface area contributed by atoms with Crippen LogP contribution in [0.3, 0.4) is 0 Å². The van der Waals surface area contributed by atoms with Crippen molar-refractivity contribution in [3.05, 3.63) is 125 Å². The molecule has 0 aliphatic carbocycles. The highest BCUT2D eigenvalue weighted by Gasteiger charge is 2.22. The lowest BCUT2D eigenvalue weighted by Crippen LogP contribution is -2.47.